The van der Waals surface area contributed by atoms with E-state index in [2.05, 4.69) is 26.6 Å². The lowest BCUT2D eigenvalue weighted by atomic mass is 10.1. The van der Waals surface area contributed by atoms with Gasteiger partial charge in [0.1, 0.15) is 0 Å². The lowest BCUT2D eigenvalue weighted by Gasteiger charge is -2.19. The third kappa shape index (κ3) is 10.4. The first-order valence-corrected chi connectivity index (χ1v) is 9.93. The van der Waals surface area contributed by atoms with Gasteiger partial charge in [-0.1, -0.05) is 42.5 Å². The minimum atomic E-state index is -1.82. The number of amides is 2. The molecule has 0 radical (unpaired) electrons. The molecule has 0 saturated carbocycles. The molecule has 2 aromatic rings. The number of halogens is 1. The molecule has 0 aliphatic rings. The molecular formula is C21H24BrN3O6. The van der Waals surface area contributed by atoms with Crippen LogP contribution < -0.4 is 10.6 Å². The molecule has 166 valence electrons. The maximum atomic E-state index is 12.1. The van der Waals surface area contributed by atoms with Crippen molar-refractivity contribution in [2.75, 3.05) is 25.5 Å². The standard InChI is InChI=1S/C19H22BrN3O2.C2H2O4/c1-14(15-8-4-3-5-9-15)21-18(24)12-23(2)13-19(25)22-17-11-7-6-10-16(17)20;3-1(4)2(5)6/h3-11,14H,12-13H2,1-2H3,(H,21,24)(H,22,25);(H,3,4)(H,5,6). The van der Waals surface area contributed by atoms with E-state index >= 15 is 0 Å². The molecule has 0 aliphatic heterocycles. The van der Waals surface area contributed by atoms with Crippen LogP contribution >= 0.6 is 15.9 Å². The molecule has 2 rings (SSSR count). The summed E-state index contributed by atoms with van der Waals surface area (Å²) in [6.07, 6.45) is 0. The van der Waals surface area contributed by atoms with Gasteiger partial charge in [-0.05, 0) is 47.6 Å². The smallest absolute Gasteiger partial charge is 0.414 e. The van der Waals surface area contributed by atoms with Crippen molar-refractivity contribution < 1.29 is 29.4 Å². The number of benzene rings is 2. The number of hydrogen-bond donors (Lipinski definition) is 4. The van der Waals surface area contributed by atoms with Gasteiger partial charge in [0.15, 0.2) is 0 Å². The molecule has 0 aromatic heterocycles. The van der Waals surface area contributed by atoms with Crippen molar-refractivity contribution in [1.82, 2.24) is 10.2 Å². The largest absolute Gasteiger partial charge is 0.473 e. The summed E-state index contributed by atoms with van der Waals surface area (Å²) in [4.78, 5) is 44.1. The molecule has 2 aromatic carbocycles. The van der Waals surface area contributed by atoms with E-state index in [9.17, 15) is 9.59 Å². The molecule has 1 atom stereocenters. The van der Waals surface area contributed by atoms with Gasteiger partial charge >= 0.3 is 11.9 Å². The number of hydrogen-bond acceptors (Lipinski definition) is 5. The number of carbonyl (C=O) groups is 4. The SMILES string of the molecule is CC(NC(=O)CN(C)CC(=O)Nc1ccccc1Br)c1ccccc1.O=C(O)C(=O)O. The number of likely N-dealkylation sites (N-methyl/N-ethyl adjacent to an activating group) is 1. The molecular weight excluding hydrogens is 470 g/mol. The van der Waals surface area contributed by atoms with Crippen LogP contribution in [0, 0.1) is 0 Å². The number of anilines is 1. The van der Waals surface area contributed by atoms with Crippen LogP contribution in [-0.4, -0.2) is 59.0 Å². The van der Waals surface area contributed by atoms with Gasteiger partial charge in [-0.2, -0.15) is 0 Å². The fraction of sp³-hybridized carbons (Fsp3) is 0.238. The van der Waals surface area contributed by atoms with E-state index in [1.807, 2.05) is 61.5 Å². The van der Waals surface area contributed by atoms with Crippen LogP contribution in [0.3, 0.4) is 0 Å². The Hall–Kier alpha value is -3.24. The van der Waals surface area contributed by atoms with Crippen LogP contribution in [0.15, 0.2) is 59.1 Å². The Labute approximate surface area is 188 Å². The van der Waals surface area contributed by atoms with E-state index in [0.29, 0.717) is 5.69 Å². The Morgan fingerprint density at radius 3 is 1.97 bits per heavy atom. The number of nitrogens with one attached hydrogen (secondary N) is 2. The predicted molar refractivity (Wildman–Crippen MR) is 119 cm³/mol. The van der Waals surface area contributed by atoms with Gasteiger partial charge in [0.05, 0.1) is 24.8 Å². The van der Waals surface area contributed by atoms with E-state index in [1.165, 1.54) is 0 Å². The van der Waals surface area contributed by atoms with Crippen LogP contribution in [0.5, 0.6) is 0 Å². The van der Waals surface area contributed by atoms with Gasteiger partial charge in [-0.15, -0.1) is 0 Å². The fourth-order valence-corrected chi connectivity index (χ4v) is 2.79. The van der Waals surface area contributed by atoms with E-state index in [-0.39, 0.29) is 30.9 Å². The second-order valence-corrected chi connectivity index (χ2v) is 7.36. The minimum absolute atomic E-state index is 0.0730. The molecule has 1 unspecified atom stereocenters. The second-order valence-electron chi connectivity index (χ2n) is 6.51. The highest BCUT2D eigenvalue weighted by molar-refractivity contribution is 9.10. The summed E-state index contributed by atoms with van der Waals surface area (Å²) in [6, 6.07) is 17.1. The van der Waals surface area contributed by atoms with Gasteiger partial charge in [0, 0.05) is 4.47 Å². The summed E-state index contributed by atoms with van der Waals surface area (Å²) in [7, 11) is 1.74. The summed E-state index contributed by atoms with van der Waals surface area (Å²) in [5.41, 5.74) is 1.76. The highest BCUT2D eigenvalue weighted by atomic mass is 79.9. The molecule has 10 heteroatoms. The molecule has 0 aliphatic carbocycles. The first kappa shape index (κ1) is 25.8. The predicted octanol–water partition coefficient (Wildman–Crippen LogP) is 2.35. The van der Waals surface area contributed by atoms with E-state index < -0.39 is 11.9 Å². The van der Waals surface area contributed by atoms with Crippen LogP contribution in [0.4, 0.5) is 5.69 Å². The minimum Gasteiger partial charge on any atom is -0.473 e. The molecule has 9 nitrogen and oxygen atoms in total. The average molecular weight is 494 g/mol. The number of carboxylic acids is 2. The first-order valence-electron chi connectivity index (χ1n) is 9.13. The number of para-hydroxylation sites is 1. The maximum Gasteiger partial charge on any atom is 0.414 e. The molecule has 2 amide bonds. The molecule has 0 saturated heterocycles. The third-order valence-corrected chi connectivity index (χ3v) is 4.53. The van der Waals surface area contributed by atoms with E-state index in [0.717, 1.165) is 10.0 Å². The molecule has 0 fully saturated rings. The summed E-state index contributed by atoms with van der Waals surface area (Å²) < 4.78 is 0.820. The highest BCUT2D eigenvalue weighted by Crippen LogP contribution is 2.20. The first-order chi connectivity index (χ1) is 14.6. The Balaban J connectivity index is 0.000000703. The van der Waals surface area contributed by atoms with Crippen molar-refractivity contribution in [3.8, 4) is 0 Å². The summed E-state index contributed by atoms with van der Waals surface area (Å²) >= 11 is 3.39. The van der Waals surface area contributed by atoms with Gasteiger partial charge in [0.2, 0.25) is 11.8 Å². The van der Waals surface area contributed by atoms with Crippen LogP contribution in [0.1, 0.15) is 18.5 Å². The maximum absolute atomic E-state index is 12.1. The molecule has 0 spiro atoms. The van der Waals surface area contributed by atoms with Gasteiger partial charge < -0.3 is 20.8 Å². The zero-order valence-electron chi connectivity index (χ0n) is 17.0. The molecule has 31 heavy (non-hydrogen) atoms. The number of carboxylic acid groups (broad SMARTS) is 2. The summed E-state index contributed by atoms with van der Waals surface area (Å²) in [6.45, 7) is 2.22. The number of carbonyl (C=O) groups excluding carboxylic acids is 2. The summed E-state index contributed by atoms with van der Waals surface area (Å²) in [5, 5.41) is 20.5. The van der Waals surface area contributed by atoms with Crippen molar-refractivity contribution in [1.29, 1.82) is 0 Å². The number of aliphatic carboxylic acids is 2. The summed E-state index contributed by atoms with van der Waals surface area (Å²) in [5.74, 6) is -3.93. The van der Waals surface area contributed by atoms with Crippen LogP contribution in [-0.2, 0) is 19.2 Å². The van der Waals surface area contributed by atoms with Crippen LogP contribution in [0.25, 0.3) is 0 Å². The topological polar surface area (TPSA) is 136 Å². The Kier molecular flexibility index (Phi) is 10.9. The Morgan fingerprint density at radius 1 is 0.903 bits per heavy atom. The van der Waals surface area contributed by atoms with Crippen molar-refractivity contribution in [2.45, 2.75) is 13.0 Å². The monoisotopic (exact) mass is 493 g/mol. The second kappa shape index (κ2) is 13.1. The normalized spacial score (nSPS) is 11.0. The van der Waals surface area contributed by atoms with Crippen molar-refractivity contribution in [3.05, 3.63) is 64.6 Å². The third-order valence-electron chi connectivity index (χ3n) is 3.84. The highest BCUT2D eigenvalue weighted by Gasteiger charge is 2.14. The van der Waals surface area contributed by atoms with Crippen LogP contribution in [0.2, 0.25) is 0 Å². The Bertz CT molecular complexity index is 895. The van der Waals surface area contributed by atoms with Crippen molar-refractivity contribution in [3.63, 3.8) is 0 Å². The van der Waals surface area contributed by atoms with Crippen molar-refractivity contribution in [2.24, 2.45) is 0 Å². The van der Waals surface area contributed by atoms with Crippen molar-refractivity contribution >= 4 is 45.4 Å². The van der Waals surface area contributed by atoms with E-state index in [1.54, 1.807) is 11.9 Å². The zero-order chi connectivity index (χ0) is 23.4. The molecule has 4 N–H and O–H groups in total. The quantitative estimate of drug-likeness (QED) is 0.434. The number of rotatable bonds is 7. The van der Waals surface area contributed by atoms with Gasteiger partial charge in [-0.3, -0.25) is 14.5 Å². The lowest BCUT2D eigenvalue weighted by molar-refractivity contribution is -0.159. The zero-order valence-corrected chi connectivity index (χ0v) is 18.6. The van der Waals surface area contributed by atoms with Gasteiger partial charge in [0.25, 0.3) is 0 Å². The molecule has 0 heterocycles. The van der Waals surface area contributed by atoms with E-state index in [4.69, 9.17) is 19.8 Å². The van der Waals surface area contributed by atoms with Gasteiger partial charge in [-0.25, -0.2) is 9.59 Å². The molecule has 0 bridgehead atoms. The lowest BCUT2D eigenvalue weighted by Crippen LogP contribution is -2.39. The average Bonchev–Trinajstić information content (AvgIpc) is 2.70. The Morgan fingerprint density at radius 2 is 1.42 bits per heavy atom. The fourth-order valence-electron chi connectivity index (χ4n) is 2.41. The number of nitrogens with zero attached hydrogens (tertiary/aromatic N) is 1.